The first kappa shape index (κ1) is 9.92. The van der Waals surface area contributed by atoms with Crippen LogP contribution in [-0.4, -0.2) is 10.1 Å². The first-order valence-corrected chi connectivity index (χ1v) is 4.74. The first-order chi connectivity index (χ1) is 7.08. The summed E-state index contributed by atoms with van der Waals surface area (Å²) in [5, 5.41) is 3.79. The van der Waals surface area contributed by atoms with Crippen LogP contribution < -0.4 is 5.73 Å². The van der Waals surface area contributed by atoms with E-state index in [4.69, 9.17) is 14.7 Å². The van der Waals surface area contributed by atoms with Crippen molar-refractivity contribution in [1.82, 2.24) is 10.1 Å². The van der Waals surface area contributed by atoms with Crippen molar-refractivity contribution >= 4 is 0 Å². The fourth-order valence-corrected chi connectivity index (χ4v) is 1.37. The van der Waals surface area contributed by atoms with E-state index in [1.165, 1.54) is 0 Å². The van der Waals surface area contributed by atoms with E-state index in [0.29, 0.717) is 11.7 Å². The third-order valence-corrected chi connectivity index (χ3v) is 2.12. The molecule has 0 radical (unpaired) electrons. The van der Waals surface area contributed by atoms with Gasteiger partial charge in [-0.25, -0.2) is 0 Å². The number of hydrogen-bond donors (Lipinski definition) is 1. The highest BCUT2D eigenvalue weighted by Gasteiger charge is 2.16. The molecule has 2 heterocycles. The van der Waals surface area contributed by atoms with E-state index < -0.39 is 0 Å². The molecule has 0 aliphatic heterocycles. The van der Waals surface area contributed by atoms with E-state index in [1.54, 1.807) is 0 Å². The number of nitrogens with zero attached hydrogens (tertiary/aromatic N) is 2. The van der Waals surface area contributed by atoms with E-state index in [-0.39, 0.29) is 6.04 Å². The van der Waals surface area contributed by atoms with Gasteiger partial charge in [0.15, 0.2) is 5.82 Å². The molecule has 2 aromatic heterocycles. The maximum absolute atomic E-state index is 5.64. The molecule has 1 atom stereocenters. The zero-order valence-electron chi connectivity index (χ0n) is 8.94. The Bertz CT molecular complexity index is 471. The molecule has 0 aliphatic rings. The average molecular weight is 207 g/mol. The number of rotatable bonds is 2. The fourth-order valence-electron chi connectivity index (χ4n) is 1.37. The van der Waals surface area contributed by atoms with Crippen molar-refractivity contribution in [2.24, 2.45) is 5.73 Å². The second-order valence-corrected chi connectivity index (χ2v) is 3.57. The minimum Gasteiger partial charge on any atom is -0.466 e. The molecule has 0 aliphatic carbocycles. The summed E-state index contributed by atoms with van der Waals surface area (Å²) >= 11 is 0. The molecule has 15 heavy (non-hydrogen) atoms. The van der Waals surface area contributed by atoms with Crippen LogP contribution >= 0.6 is 0 Å². The van der Waals surface area contributed by atoms with Gasteiger partial charge < -0.3 is 14.7 Å². The standard InChI is InChI=1S/C10H13N3O2/c1-5-4-8(7(3)14-5)10-12-9(6(2)11)13-15-10/h4,6H,11H2,1-3H3. The SMILES string of the molecule is Cc1cc(-c2nc(C(C)N)no2)c(C)o1. The topological polar surface area (TPSA) is 78.1 Å². The van der Waals surface area contributed by atoms with Crippen LogP contribution in [0.5, 0.6) is 0 Å². The van der Waals surface area contributed by atoms with E-state index >= 15 is 0 Å². The molecular weight excluding hydrogens is 194 g/mol. The van der Waals surface area contributed by atoms with Gasteiger partial charge >= 0.3 is 0 Å². The van der Waals surface area contributed by atoms with Crippen LogP contribution in [0.4, 0.5) is 0 Å². The Morgan fingerprint density at radius 3 is 2.60 bits per heavy atom. The summed E-state index contributed by atoms with van der Waals surface area (Å²) in [6.45, 7) is 5.54. The Labute approximate surface area is 87.3 Å². The summed E-state index contributed by atoms with van der Waals surface area (Å²) in [5.74, 6) is 2.55. The van der Waals surface area contributed by atoms with Crippen molar-refractivity contribution < 1.29 is 8.94 Å². The van der Waals surface area contributed by atoms with Gasteiger partial charge in [-0.2, -0.15) is 4.98 Å². The monoisotopic (exact) mass is 207 g/mol. The number of hydrogen-bond acceptors (Lipinski definition) is 5. The number of furan rings is 1. The second-order valence-electron chi connectivity index (χ2n) is 3.57. The summed E-state index contributed by atoms with van der Waals surface area (Å²) in [7, 11) is 0. The molecule has 0 saturated heterocycles. The van der Waals surface area contributed by atoms with Crippen LogP contribution in [0.3, 0.4) is 0 Å². The van der Waals surface area contributed by atoms with E-state index in [1.807, 2.05) is 26.8 Å². The van der Waals surface area contributed by atoms with Crippen LogP contribution in [0.25, 0.3) is 11.5 Å². The van der Waals surface area contributed by atoms with Crippen molar-refractivity contribution in [2.45, 2.75) is 26.8 Å². The predicted octanol–water partition coefficient (Wildman–Crippen LogP) is 1.97. The third-order valence-electron chi connectivity index (χ3n) is 2.12. The Morgan fingerprint density at radius 1 is 1.40 bits per heavy atom. The van der Waals surface area contributed by atoms with Crippen molar-refractivity contribution in [3.05, 3.63) is 23.4 Å². The lowest BCUT2D eigenvalue weighted by atomic mass is 10.2. The molecule has 0 amide bonds. The molecule has 0 bridgehead atoms. The molecule has 5 heteroatoms. The van der Waals surface area contributed by atoms with Gasteiger partial charge in [0.1, 0.15) is 11.5 Å². The maximum Gasteiger partial charge on any atom is 0.261 e. The molecule has 5 nitrogen and oxygen atoms in total. The summed E-state index contributed by atoms with van der Waals surface area (Å²) in [5.41, 5.74) is 6.47. The molecule has 2 N–H and O–H groups in total. The molecule has 0 aromatic carbocycles. The highest BCUT2D eigenvalue weighted by atomic mass is 16.5. The predicted molar refractivity (Wildman–Crippen MR) is 54.1 cm³/mol. The van der Waals surface area contributed by atoms with Crippen molar-refractivity contribution in [3.63, 3.8) is 0 Å². The fraction of sp³-hybridized carbons (Fsp3) is 0.400. The minimum absolute atomic E-state index is 0.226. The van der Waals surface area contributed by atoms with Crippen molar-refractivity contribution in [1.29, 1.82) is 0 Å². The van der Waals surface area contributed by atoms with Gasteiger partial charge in [-0.1, -0.05) is 5.16 Å². The molecule has 1 unspecified atom stereocenters. The zero-order chi connectivity index (χ0) is 11.0. The van der Waals surface area contributed by atoms with Crippen molar-refractivity contribution in [2.75, 3.05) is 0 Å². The van der Waals surface area contributed by atoms with Gasteiger partial charge in [0.2, 0.25) is 0 Å². The van der Waals surface area contributed by atoms with E-state index in [9.17, 15) is 0 Å². The smallest absolute Gasteiger partial charge is 0.261 e. The third kappa shape index (κ3) is 1.78. The van der Waals surface area contributed by atoms with Gasteiger partial charge in [-0.3, -0.25) is 0 Å². The summed E-state index contributed by atoms with van der Waals surface area (Å²) in [6.07, 6.45) is 0. The van der Waals surface area contributed by atoms with Gasteiger partial charge in [-0.15, -0.1) is 0 Å². The van der Waals surface area contributed by atoms with Crippen LogP contribution in [0.15, 0.2) is 15.0 Å². The molecule has 0 spiro atoms. The lowest BCUT2D eigenvalue weighted by Gasteiger charge is -1.92. The highest BCUT2D eigenvalue weighted by molar-refractivity contribution is 5.56. The number of nitrogens with two attached hydrogens (primary N) is 1. The van der Waals surface area contributed by atoms with E-state index in [2.05, 4.69) is 10.1 Å². The molecule has 80 valence electrons. The lowest BCUT2D eigenvalue weighted by Crippen LogP contribution is -2.06. The highest BCUT2D eigenvalue weighted by Crippen LogP contribution is 2.25. The molecule has 0 saturated carbocycles. The van der Waals surface area contributed by atoms with Crippen LogP contribution in [-0.2, 0) is 0 Å². The van der Waals surface area contributed by atoms with Crippen LogP contribution in [0.1, 0.15) is 30.3 Å². The Morgan fingerprint density at radius 2 is 2.13 bits per heavy atom. The zero-order valence-corrected chi connectivity index (χ0v) is 8.94. The van der Waals surface area contributed by atoms with Gasteiger partial charge in [-0.05, 0) is 26.8 Å². The maximum atomic E-state index is 5.64. The van der Waals surface area contributed by atoms with Gasteiger partial charge in [0.05, 0.1) is 11.6 Å². The Kier molecular flexibility index (Phi) is 2.32. The Balaban J connectivity index is 2.41. The first-order valence-electron chi connectivity index (χ1n) is 4.74. The van der Waals surface area contributed by atoms with Gasteiger partial charge in [0, 0.05) is 0 Å². The summed E-state index contributed by atoms with van der Waals surface area (Å²) in [6, 6.07) is 1.64. The molecular formula is C10H13N3O2. The average Bonchev–Trinajstić information content (AvgIpc) is 2.71. The number of aryl methyl sites for hydroxylation is 2. The largest absolute Gasteiger partial charge is 0.466 e. The normalized spacial score (nSPS) is 13.1. The molecule has 0 fully saturated rings. The quantitative estimate of drug-likeness (QED) is 0.814. The lowest BCUT2D eigenvalue weighted by molar-refractivity contribution is 0.416. The number of aromatic nitrogens is 2. The van der Waals surface area contributed by atoms with E-state index in [0.717, 1.165) is 17.1 Å². The van der Waals surface area contributed by atoms with Gasteiger partial charge in [0.25, 0.3) is 5.89 Å². The molecule has 2 rings (SSSR count). The summed E-state index contributed by atoms with van der Waals surface area (Å²) < 4.78 is 10.5. The summed E-state index contributed by atoms with van der Waals surface area (Å²) in [4.78, 5) is 4.19. The Hall–Kier alpha value is -1.62. The van der Waals surface area contributed by atoms with Crippen LogP contribution in [0.2, 0.25) is 0 Å². The molecule has 2 aromatic rings. The van der Waals surface area contributed by atoms with Crippen molar-refractivity contribution in [3.8, 4) is 11.5 Å². The second kappa shape index (κ2) is 3.51. The minimum atomic E-state index is -0.226. The van der Waals surface area contributed by atoms with Crippen LogP contribution in [0, 0.1) is 13.8 Å².